The molecule has 1 amide bonds. The Morgan fingerprint density at radius 2 is 1.96 bits per heavy atom. The Bertz CT molecular complexity index is 1090. The summed E-state index contributed by atoms with van der Waals surface area (Å²) in [6, 6.07) is 18.8. The topological polar surface area (TPSA) is 54.6 Å². The minimum atomic E-state index is -0.216. The Kier molecular flexibility index (Phi) is 5.20. The van der Waals surface area contributed by atoms with Crippen LogP contribution in [0, 0.1) is 0 Å². The molecule has 1 N–H and O–H groups in total. The molecule has 0 radical (unpaired) electrons. The number of amidine groups is 1. The molecule has 1 aromatic heterocycles. The summed E-state index contributed by atoms with van der Waals surface area (Å²) in [4.78, 5) is 17.1. The van der Waals surface area contributed by atoms with E-state index in [9.17, 15) is 4.79 Å². The number of nitrogens with one attached hydrogen (secondary N) is 1. The number of para-hydroxylation sites is 1. The first-order valence-electron chi connectivity index (χ1n) is 7.98. The third-order valence-electron chi connectivity index (χ3n) is 3.73. The fraction of sp³-hybridized carbons (Fsp3) is 0. The van der Waals surface area contributed by atoms with E-state index in [4.69, 9.17) is 16.0 Å². The normalized spacial score (nSPS) is 16.9. The zero-order chi connectivity index (χ0) is 18.8. The van der Waals surface area contributed by atoms with E-state index in [1.165, 1.54) is 11.8 Å². The predicted octanol–water partition coefficient (Wildman–Crippen LogP) is 6.25. The van der Waals surface area contributed by atoms with Gasteiger partial charge in [-0.1, -0.05) is 51.8 Å². The average Bonchev–Trinajstić information content (AvgIpc) is 3.24. The fourth-order valence-electron chi connectivity index (χ4n) is 2.49. The molecule has 0 spiro atoms. The molecule has 0 aliphatic carbocycles. The maximum absolute atomic E-state index is 12.2. The number of aliphatic imine (C=N–C) groups is 1. The van der Waals surface area contributed by atoms with Gasteiger partial charge in [-0.05, 0) is 48.2 Å². The van der Waals surface area contributed by atoms with Crippen LogP contribution in [0.15, 0.2) is 79.5 Å². The lowest BCUT2D eigenvalue weighted by molar-refractivity contribution is -0.115. The summed E-state index contributed by atoms with van der Waals surface area (Å²) in [6.45, 7) is 0. The van der Waals surface area contributed by atoms with Crippen LogP contribution in [0.3, 0.4) is 0 Å². The molecule has 3 aromatic rings. The van der Waals surface area contributed by atoms with Crippen LogP contribution in [0.5, 0.6) is 0 Å². The molecule has 1 aliphatic rings. The average molecular weight is 460 g/mol. The van der Waals surface area contributed by atoms with Crippen LogP contribution in [0.4, 0.5) is 5.69 Å². The van der Waals surface area contributed by atoms with Gasteiger partial charge in [0.2, 0.25) is 0 Å². The number of hydrogen-bond donors (Lipinski definition) is 1. The summed E-state index contributed by atoms with van der Waals surface area (Å²) in [5.41, 5.74) is 1.57. The first kappa shape index (κ1) is 18.1. The molecule has 2 heterocycles. The highest BCUT2D eigenvalue weighted by molar-refractivity contribution is 9.10. The third kappa shape index (κ3) is 4.18. The molecular formula is C20H12BrClN2O2S. The van der Waals surface area contributed by atoms with E-state index in [2.05, 4.69) is 26.2 Å². The van der Waals surface area contributed by atoms with Crippen molar-refractivity contribution in [2.75, 3.05) is 0 Å². The molecule has 0 atom stereocenters. The number of hydrogen-bond acceptors (Lipinski definition) is 4. The molecule has 0 saturated carbocycles. The van der Waals surface area contributed by atoms with Gasteiger partial charge >= 0.3 is 0 Å². The molecule has 134 valence electrons. The van der Waals surface area contributed by atoms with E-state index >= 15 is 0 Å². The second-order valence-corrected chi connectivity index (χ2v) is 8.00. The second-order valence-electron chi connectivity index (χ2n) is 5.65. The highest BCUT2D eigenvalue weighted by atomic mass is 79.9. The van der Waals surface area contributed by atoms with Gasteiger partial charge in [0.1, 0.15) is 11.5 Å². The quantitative estimate of drug-likeness (QED) is 0.471. The molecule has 7 heteroatoms. The number of nitrogens with zero attached hydrogens (tertiary/aromatic N) is 1. The summed E-state index contributed by atoms with van der Waals surface area (Å²) >= 11 is 10.8. The summed E-state index contributed by atoms with van der Waals surface area (Å²) in [6.07, 6.45) is 1.70. The highest BCUT2D eigenvalue weighted by Gasteiger charge is 2.24. The first-order chi connectivity index (χ1) is 13.1. The maximum Gasteiger partial charge on any atom is 0.264 e. The van der Waals surface area contributed by atoms with Crippen LogP contribution >= 0.6 is 39.3 Å². The van der Waals surface area contributed by atoms with Crippen molar-refractivity contribution in [3.8, 4) is 11.3 Å². The van der Waals surface area contributed by atoms with Crippen molar-refractivity contribution < 1.29 is 9.21 Å². The molecule has 1 fully saturated rings. The van der Waals surface area contributed by atoms with Gasteiger partial charge in [-0.15, -0.1) is 0 Å². The van der Waals surface area contributed by atoms with E-state index in [-0.39, 0.29) is 5.91 Å². The standard InChI is InChI=1S/C20H12BrClN2O2S/c21-13-5-3-4-12(10-13)17-9-8-14(26-17)11-18-19(25)24-20(27-18)23-16-7-2-1-6-15(16)22/h1-11H,(H,23,24,25). The van der Waals surface area contributed by atoms with Crippen molar-refractivity contribution in [3.05, 3.63) is 80.8 Å². The Hall–Kier alpha value is -2.28. The van der Waals surface area contributed by atoms with E-state index in [0.717, 1.165) is 15.8 Å². The number of carbonyl (C=O) groups excluding carboxylic acids is 1. The van der Waals surface area contributed by atoms with Crippen LogP contribution in [0.1, 0.15) is 5.76 Å². The molecule has 0 bridgehead atoms. The molecule has 4 rings (SSSR count). The number of amides is 1. The molecule has 27 heavy (non-hydrogen) atoms. The van der Waals surface area contributed by atoms with Gasteiger partial charge in [-0.25, -0.2) is 4.99 Å². The van der Waals surface area contributed by atoms with E-state index in [1.807, 2.05) is 48.5 Å². The molecule has 1 aliphatic heterocycles. The zero-order valence-electron chi connectivity index (χ0n) is 13.8. The molecule has 1 saturated heterocycles. The number of thioether (sulfide) groups is 1. The highest BCUT2D eigenvalue weighted by Crippen LogP contribution is 2.32. The Morgan fingerprint density at radius 3 is 2.78 bits per heavy atom. The van der Waals surface area contributed by atoms with Crippen LogP contribution in [0.25, 0.3) is 17.4 Å². The smallest absolute Gasteiger partial charge is 0.264 e. The molecule has 4 nitrogen and oxygen atoms in total. The number of halogens is 2. The van der Waals surface area contributed by atoms with E-state index in [1.54, 1.807) is 18.2 Å². The summed E-state index contributed by atoms with van der Waals surface area (Å²) in [5.74, 6) is 1.12. The number of carbonyl (C=O) groups is 1. The summed E-state index contributed by atoms with van der Waals surface area (Å²) in [5, 5.41) is 3.76. The van der Waals surface area contributed by atoms with E-state index in [0.29, 0.717) is 26.5 Å². The molecular weight excluding hydrogens is 448 g/mol. The Morgan fingerprint density at radius 1 is 1.11 bits per heavy atom. The van der Waals surface area contributed by atoms with Crippen LogP contribution in [-0.4, -0.2) is 11.1 Å². The van der Waals surface area contributed by atoms with Crippen molar-refractivity contribution >= 4 is 62.1 Å². The Balaban J connectivity index is 1.56. The summed E-state index contributed by atoms with van der Waals surface area (Å²) in [7, 11) is 0. The minimum absolute atomic E-state index is 0.216. The molecule has 0 unspecified atom stereocenters. The van der Waals surface area contributed by atoms with Gasteiger partial charge in [-0.2, -0.15) is 0 Å². The van der Waals surface area contributed by atoms with Crippen molar-refractivity contribution in [1.29, 1.82) is 0 Å². The predicted molar refractivity (Wildman–Crippen MR) is 114 cm³/mol. The van der Waals surface area contributed by atoms with Gasteiger partial charge in [-0.3, -0.25) is 4.79 Å². The van der Waals surface area contributed by atoms with E-state index < -0.39 is 0 Å². The zero-order valence-corrected chi connectivity index (χ0v) is 16.9. The Labute approximate surface area is 173 Å². The largest absolute Gasteiger partial charge is 0.457 e. The van der Waals surface area contributed by atoms with Crippen LogP contribution < -0.4 is 5.32 Å². The first-order valence-corrected chi connectivity index (χ1v) is 9.97. The number of furan rings is 1. The van der Waals surface area contributed by atoms with Crippen molar-refractivity contribution in [2.24, 2.45) is 4.99 Å². The SMILES string of the molecule is O=C1NC(=Nc2ccccc2Cl)SC1=Cc1ccc(-c2cccc(Br)c2)o1. The lowest BCUT2D eigenvalue weighted by Gasteiger charge is -1.98. The lowest BCUT2D eigenvalue weighted by atomic mass is 10.2. The van der Waals surface area contributed by atoms with Crippen LogP contribution in [-0.2, 0) is 4.79 Å². The van der Waals surface area contributed by atoms with Crippen LogP contribution in [0.2, 0.25) is 5.02 Å². The fourth-order valence-corrected chi connectivity index (χ4v) is 3.88. The second kappa shape index (κ2) is 7.76. The van der Waals surface area contributed by atoms with Gasteiger partial charge in [0.25, 0.3) is 5.91 Å². The maximum atomic E-state index is 12.2. The number of rotatable bonds is 3. The summed E-state index contributed by atoms with van der Waals surface area (Å²) < 4.78 is 6.83. The van der Waals surface area contributed by atoms with Gasteiger partial charge in [0.15, 0.2) is 5.17 Å². The number of benzene rings is 2. The molecule has 2 aromatic carbocycles. The monoisotopic (exact) mass is 458 g/mol. The lowest BCUT2D eigenvalue weighted by Crippen LogP contribution is -2.19. The van der Waals surface area contributed by atoms with Gasteiger partial charge in [0, 0.05) is 16.1 Å². The van der Waals surface area contributed by atoms with Crippen molar-refractivity contribution in [3.63, 3.8) is 0 Å². The minimum Gasteiger partial charge on any atom is -0.457 e. The third-order valence-corrected chi connectivity index (χ3v) is 5.46. The van der Waals surface area contributed by atoms with Crippen molar-refractivity contribution in [2.45, 2.75) is 0 Å². The van der Waals surface area contributed by atoms with Crippen molar-refractivity contribution in [1.82, 2.24) is 5.32 Å². The van der Waals surface area contributed by atoms with Gasteiger partial charge in [0.05, 0.1) is 15.6 Å². The van der Waals surface area contributed by atoms with Gasteiger partial charge < -0.3 is 9.73 Å².